The number of rotatable bonds is 4. The summed E-state index contributed by atoms with van der Waals surface area (Å²) >= 11 is 8.01. The maximum Gasteiger partial charge on any atom is 0.233 e. The van der Waals surface area contributed by atoms with Crippen LogP contribution >= 0.6 is 23.4 Å². The molecule has 0 aromatic heterocycles. The van der Waals surface area contributed by atoms with E-state index in [0.29, 0.717) is 11.8 Å². The van der Waals surface area contributed by atoms with E-state index in [1.54, 1.807) is 11.8 Å². The number of thioether (sulfide) groups is 1. The number of hydrogen-bond donors (Lipinski definition) is 0. The smallest absolute Gasteiger partial charge is 0.233 e. The van der Waals surface area contributed by atoms with Crippen molar-refractivity contribution < 1.29 is 4.79 Å². The molecular weight excluding hydrogens is 390 g/mol. The van der Waals surface area contributed by atoms with Gasteiger partial charge in [0.05, 0.1) is 5.75 Å². The van der Waals surface area contributed by atoms with Gasteiger partial charge in [-0.05, 0) is 44.0 Å². The number of carbonyl (C=O) groups is 1. The van der Waals surface area contributed by atoms with Gasteiger partial charge in [-0.25, -0.2) is 0 Å². The first-order valence-electron chi connectivity index (χ1n) is 10.1. The number of fused-ring (bicyclic) bond motifs is 1. The molecule has 1 unspecified atom stereocenters. The summed E-state index contributed by atoms with van der Waals surface area (Å²) in [4.78, 5) is 20.9. The molecular formula is C22H28ClN3OS. The van der Waals surface area contributed by atoms with Crippen molar-refractivity contribution in [1.82, 2.24) is 14.7 Å². The normalized spacial score (nSPS) is 21.9. The van der Waals surface area contributed by atoms with Crippen molar-refractivity contribution in [3.63, 3.8) is 0 Å². The second kappa shape index (κ2) is 9.04. The van der Waals surface area contributed by atoms with Gasteiger partial charge in [0.2, 0.25) is 5.91 Å². The molecule has 2 aromatic rings. The van der Waals surface area contributed by atoms with Crippen LogP contribution in [0.4, 0.5) is 0 Å². The first kappa shape index (κ1) is 20.0. The number of piperazine rings is 1. The molecule has 2 aliphatic rings. The van der Waals surface area contributed by atoms with Crippen LogP contribution in [0.1, 0.15) is 12.8 Å². The minimum absolute atomic E-state index is 0.231. The Morgan fingerprint density at radius 1 is 1.11 bits per heavy atom. The molecule has 0 bridgehead atoms. The average molecular weight is 418 g/mol. The number of nitrogens with zero attached hydrogens (tertiary/aromatic N) is 3. The number of halogens is 1. The average Bonchev–Trinajstić information content (AvgIpc) is 2.72. The predicted molar refractivity (Wildman–Crippen MR) is 118 cm³/mol. The lowest BCUT2D eigenvalue weighted by molar-refractivity contribution is -0.130. The van der Waals surface area contributed by atoms with Gasteiger partial charge in [-0.1, -0.05) is 35.9 Å². The van der Waals surface area contributed by atoms with Crippen LogP contribution in [0, 0.1) is 0 Å². The van der Waals surface area contributed by atoms with Gasteiger partial charge in [0, 0.05) is 54.1 Å². The van der Waals surface area contributed by atoms with E-state index in [2.05, 4.69) is 35.0 Å². The molecule has 4 nitrogen and oxygen atoms in total. The molecule has 0 radical (unpaired) electrons. The zero-order chi connectivity index (χ0) is 19.5. The zero-order valence-corrected chi connectivity index (χ0v) is 18.0. The molecule has 2 fully saturated rings. The van der Waals surface area contributed by atoms with Crippen molar-refractivity contribution >= 4 is 40.0 Å². The molecule has 0 saturated carbocycles. The molecule has 2 aromatic carbocycles. The van der Waals surface area contributed by atoms with Crippen LogP contribution in [0.2, 0.25) is 5.02 Å². The molecule has 2 saturated heterocycles. The summed E-state index contributed by atoms with van der Waals surface area (Å²) in [5.41, 5.74) is 0. The Balaban J connectivity index is 1.32. The van der Waals surface area contributed by atoms with Crippen LogP contribution in [0.15, 0.2) is 41.3 Å². The van der Waals surface area contributed by atoms with Gasteiger partial charge in [-0.3, -0.25) is 9.69 Å². The third-order valence-electron chi connectivity index (χ3n) is 5.95. The van der Waals surface area contributed by atoms with Crippen molar-refractivity contribution in [1.29, 1.82) is 0 Å². The Labute approximate surface area is 176 Å². The topological polar surface area (TPSA) is 26.8 Å². The van der Waals surface area contributed by atoms with Gasteiger partial charge in [-0.15, -0.1) is 11.8 Å². The van der Waals surface area contributed by atoms with Gasteiger partial charge >= 0.3 is 0 Å². The highest BCUT2D eigenvalue weighted by Gasteiger charge is 2.28. The van der Waals surface area contributed by atoms with Crippen LogP contribution in [-0.2, 0) is 4.79 Å². The summed E-state index contributed by atoms with van der Waals surface area (Å²) in [6.07, 6.45) is 2.57. The highest BCUT2D eigenvalue weighted by Crippen LogP contribution is 2.33. The maximum atomic E-state index is 12.8. The summed E-state index contributed by atoms with van der Waals surface area (Å²) in [5.74, 6) is 0.700. The molecule has 0 N–H and O–H groups in total. The van der Waals surface area contributed by atoms with E-state index < -0.39 is 0 Å². The lowest BCUT2D eigenvalue weighted by Crippen LogP contribution is -2.55. The fourth-order valence-corrected chi connectivity index (χ4v) is 5.74. The van der Waals surface area contributed by atoms with Gasteiger partial charge < -0.3 is 9.80 Å². The van der Waals surface area contributed by atoms with Gasteiger partial charge in [0.15, 0.2) is 0 Å². The molecule has 28 heavy (non-hydrogen) atoms. The number of piperidine rings is 1. The largest absolute Gasteiger partial charge is 0.339 e. The fourth-order valence-electron chi connectivity index (χ4n) is 4.39. The highest BCUT2D eigenvalue weighted by molar-refractivity contribution is 8.00. The summed E-state index contributed by atoms with van der Waals surface area (Å²) in [5, 5.41) is 2.92. The first-order chi connectivity index (χ1) is 13.6. The van der Waals surface area contributed by atoms with E-state index >= 15 is 0 Å². The van der Waals surface area contributed by atoms with Gasteiger partial charge in [0.1, 0.15) is 0 Å². The number of likely N-dealkylation sites (tertiary alicyclic amines) is 1. The lowest BCUT2D eigenvalue weighted by atomic mass is 10.0. The van der Waals surface area contributed by atoms with Gasteiger partial charge in [-0.2, -0.15) is 0 Å². The Bertz CT molecular complexity index is 832. The second-order valence-electron chi connectivity index (χ2n) is 7.86. The van der Waals surface area contributed by atoms with Crippen molar-refractivity contribution in [3.8, 4) is 0 Å². The van der Waals surface area contributed by atoms with Crippen molar-refractivity contribution in [2.45, 2.75) is 23.8 Å². The Morgan fingerprint density at radius 2 is 1.86 bits per heavy atom. The fraction of sp³-hybridized carbons (Fsp3) is 0.500. The molecule has 1 atom stereocenters. The SMILES string of the molecule is CN1CCCC(N2CCN(C(=O)CSc3cccc4cccc(Cl)c34)CC2)C1. The third-order valence-corrected chi connectivity index (χ3v) is 7.31. The van der Waals surface area contributed by atoms with Crippen molar-refractivity contribution in [2.24, 2.45) is 0 Å². The second-order valence-corrected chi connectivity index (χ2v) is 9.28. The van der Waals surface area contributed by atoms with Crippen LogP contribution in [0.25, 0.3) is 10.8 Å². The molecule has 1 amide bonds. The van der Waals surface area contributed by atoms with Crippen LogP contribution in [0.3, 0.4) is 0 Å². The molecule has 0 spiro atoms. The van der Waals surface area contributed by atoms with Crippen LogP contribution < -0.4 is 0 Å². The van der Waals surface area contributed by atoms with Gasteiger partial charge in [0.25, 0.3) is 0 Å². The quantitative estimate of drug-likeness (QED) is 0.706. The van der Waals surface area contributed by atoms with E-state index in [1.165, 1.54) is 19.4 Å². The number of benzene rings is 2. The summed E-state index contributed by atoms with van der Waals surface area (Å²) in [6.45, 7) is 6.05. The molecule has 6 heteroatoms. The highest BCUT2D eigenvalue weighted by atomic mass is 35.5. The zero-order valence-electron chi connectivity index (χ0n) is 16.4. The number of carbonyl (C=O) groups excluding carboxylic acids is 1. The van der Waals surface area contributed by atoms with Crippen LogP contribution in [0.5, 0.6) is 0 Å². The number of likely N-dealkylation sites (N-methyl/N-ethyl adjacent to an activating group) is 1. The third kappa shape index (κ3) is 4.48. The minimum Gasteiger partial charge on any atom is -0.339 e. The van der Waals surface area contributed by atoms with E-state index in [-0.39, 0.29) is 5.91 Å². The Kier molecular flexibility index (Phi) is 6.46. The molecule has 150 valence electrons. The molecule has 2 aliphatic heterocycles. The first-order valence-corrected chi connectivity index (χ1v) is 11.5. The van der Waals surface area contributed by atoms with E-state index in [4.69, 9.17) is 11.6 Å². The van der Waals surface area contributed by atoms with E-state index in [1.807, 2.05) is 23.1 Å². The van der Waals surface area contributed by atoms with E-state index in [9.17, 15) is 4.79 Å². The van der Waals surface area contributed by atoms with Crippen LogP contribution in [-0.4, -0.2) is 78.7 Å². The summed E-state index contributed by atoms with van der Waals surface area (Å²) in [6, 6.07) is 12.8. The number of hydrogen-bond acceptors (Lipinski definition) is 4. The van der Waals surface area contributed by atoms with Crippen molar-refractivity contribution in [3.05, 3.63) is 41.4 Å². The minimum atomic E-state index is 0.231. The number of amides is 1. The summed E-state index contributed by atoms with van der Waals surface area (Å²) in [7, 11) is 2.21. The Hall–Kier alpha value is -1.27. The predicted octanol–water partition coefficient (Wildman–Crippen LogP) is 3.82. The summed E-state index contributed by atoms with van der Waals surface area (Å²) < 4.78 is 0. The maximum absolute atomic E-state index is 12.8. The molecule has 0 aliphatic carbocycles. The standard InChI is InChI=1S/C22H28ClN3OS/c1-24-10-4-7-18(15-24)25-11-13-26(14-12-25)21(27)16-28-20-9-3-6-17-5-2-8-19(23)22(17)20/h2-3,5-6,8-9,18H,4,7,10-16H2,1H3. The lowest BCUT2D eigenvalue weighted by Gasteiger charge is -2.42. The molecule has 4 rings (SSSR count). The van der Waals surface area contributed by atoms with E-state index in [0.717, 1.165) is 53.4 Å². The Morgan fingerprint density at radius 3 is 2.61 bits per heavy atom. The van der Waals surface area contributed by atoms with Crippen molar-refractivity contribution in [2.75, 3.05) is 52.1 Å². The molecule has 2 heterocycles. The monoisotopic (exact) mass is 417 g/mol.